The maximum atomic E-state index is 12.2. The van der Waals surface area contributed by atoms with Gasteiger partial charge in [-0.25, -0.2) is 0 Å². The zero-order valence-corrected chi connectivity index (χ0v) is 23.9. The topological polar surface area (TPSA) is 83.8 Å². The van der Waals surface area contributed by atoms with Crippen LogP contribution in [0.5, 0.6) is 0 Å². The fraction of sp³-hybridized carbons (Fsp3) is 0.800. The highest BCUT2D eigenvalue weighted by Gasteiger charge is 2.33. The van der Waals surface area contributed by atoms with Gasteiger partial charge < -0.3 is 19.7 Å². The Balaban J connectivity index is 0. The Kier molecular flexibility index (Phi) is 23.8. The summed E-state index contributed by atoms with van der Waals surface area (Å²) in [5.41, 5.74) is 1.48. The number of rotatable bonds is 12. The molecule has 0 aliphatic heterocycles. The molecule has 0 amide bonds. The molecule has 0 radical (unpaired) electrons. The third-order valence-electron chi connectivity index (χ3n) is 7.73. The Morgan fingerprint density at radius 1 is 0.974 bits per heavy atom. The number of halogens is 3. The van der Waals surface area contributed by atoms with Crippen molar-refractivity contribution in [1.82, 2.24) is 0 Å². The number of ether oxygens (including phenoxy) is 1. The van der Waals surface area contributed by atoms with Crippen LogP contribution >= 0.6 is 0 Å². The first-order valence-corrected chi connectivity index (χ1v) is 13.8. The second-order valence-corrected chi connectivity index (χ2v) is 10.6. The van der Waals surface area contributed by atoms with Crippen molar-refractivity contribution >= 4 is 13.1 Å². The van der Waals surface area contributed by atoms with Crippen LogP contribution in [0, 0.1) is 29.6 Å². The lowest BCUT2D eigenvalue weighted by Gasteiger charge is -2.40. The molecule has 8 heteroatoms. The second kappa shape index (κ2) is 23.4. The van der Waals surface area contributed by atoms with Crippen LogP contribution in [0.4, 0.5) is 13.2 Å². The lowest BCUT2D eigenvalue weighted by atomic mass is 9.66. The van der Waals surface area contributed by atoms with Crippen molar-refractivity contribution < 1.29 is 37.7 Å². The van der Waals surface area contributed by atoms with Crippen LogP contribution < -0.4 is 0 Å². The molecule has 224 valence electrons. The van der Waals surface area contributed by atoms with E-state index in [1.807, 2.05) is 6.79 Å². The van der Waals surface area contributed by atoms with Crippen molar-refractivity contribution in [2.45, 2.75) is 96.6 Å². The maximum Gasteiger partial charge on any atom is 0.389 e. The molecule has 0 spiro atoms. The molecule has 2 fully saturated rings. The number of alkyl halides is 3. The Bertz CT molecular complexity index is 607. The van der Waals surface area contributed by atoms with E-state index >= 15 is 0 Å². The van der Waals surface area contributed by atoms with E-state index in [2.05, 4.69) is 20.1 Å². The summed E-state index contributed by atoms with van der Waals surface area (Å²) in [6, 6.07) is 0. The number of carbonyl (C=O) groups is 2. The normalized spacial score (nSPS) is 23.7. The Morgan fingerprint density at radius 2 is 1.47 bits per heavy atom. The van der Waals surface area contributed by atoms with Crippen LogP contribution in [0.1, 0.15) is 90.4 Å². The molecule has 0 bridgehead atoms. The van der Waals surface area contributed by atoms with E-state index in [0.717, 1.165) is 50.7 Å². The highest BCUT2D eigenvalue weighted by Crippen LogP contribution is 2.44. The van der Waals surface area contributed by atoms with Crippen LogP contribution in [-0.2, 0) is 14.3 Å². The summed E-state index contributed by atoms with van der Waals surface area (Å²) in [7, 11) is 2.80. The maximum absolute atomic E-state index is 12.2. The quantitative estimate of drug-likeness (QED) is 0.117. The van der Waals surface area contributed by atoms with Gasteiger partial charge in [0.05, 0.1) is 6.61 Å². The van der Waals surface area contributed by atoms with Gasteiger partial charge in [0.15, 0.2) is 0 Å². The Labute approximate surface area is 228 Å². The molecule has 2 aliphatic carbocycles. The van der Waals surface area contributed by atoms with Gasteiger partial charge >= 0.3 is 6.18 Å². The molecule has 2 N–H and O–H groups in total. The van der Waals surface area contributed by atoms with Crippen LogP contribution in [0.25, 0.3) is 0 Å². The predicted octanol–water partition coefficient (Wildman–Crippen LogP) is 7.11. The van der Waals surface area contributed by atoms with Gasteiger partial charge in [0.2, 0.25) is 0 Å². The molecule has 1 unspecified atom stereocenters. The molecule has 1 atom stereocenters. The average Bonchev–Trinajstić information content (AvgIpc) is 2.93. The van der Waals surface area contributed by atoms with Gasteiger partial charge in [-0.2, -0.15) is 13.2 Å². The highest BCUT2D eigenvalue weighted by atomic mass is 19.4. The minimum absolute atomic E-state index is 0.218. The Morgan fingerprint density at radius 3 is 1.84 bits per heavy atom. The van der Waals surface area contributed by atoms with Crippen molar-refractivity contribution in [3.63, 3.8) is 0 Å². The summed E-state index contributed by atoms with van der Waals surface area (Å²) in [6.07, 6.45) is 9.47. The molecular weight excluding hydrogens is 497 g/mol. The fourth-order valence-electron chi connectivity index (χ4n) is 5.86. The molecule has 0 heterocycles. The van der Waals surface area contributed by atoms with Gasteiger partial charge in [-0.15, -0.1) is 6.58 Å². The smallest absolute Gasteiger partial charge is 0.389 e. The summed E-state index contributed by atoms with van der Waals surface area (Å²) in [5.74, 6) is 3.79. The standard InChI is InChI=1S/C24H41F3O.C4H6O2.CH4O.CH2O/c1-18(2)16-23(17-28-3)22-13-11-21(12-14-22)20-9-7-19(8-10-20)6-4-5-15-24(25,26)27;1-4(2-5)3-6;2*1-2/h19-23H,1,4-17H2,2-3H3;2,6H,1,3H2;2H,1H3;1H2. The molecule has 2 saturated carbocycles. The lowest BCUT2D eigenvalue weighted by molar-refractivity contribution is -0.135. The van der Waals surface area contributed by atoms with E-state index in [0.29, 0.717) is 24.5 Å². The molecule has 38 heavy (non-hydrogen) atoms. The van der Waals surface area contributed by atoms with Gasteiger partial charge in [0.1, 0.15) is 13.1 Å². The molecule has 0 aromatic rings. The number of aldehydes is 1. The third-order valence-corrected chi connectivity index (χ3v) is 7.73. The number of aliphatic hydroxyl groups is 2. The summed E-state index contributed by atoms with van der Waals surface area (Å²) in [4.78, 5) is 17.5. The molecule has 0 aromatic carbocycles. The first-order valence-electron chi connectivity index (χ1n) is 13.8. The second-order valence-electron chi connectivity index (χ2n) is 10.6. The van der Waals surface area contributed by atoms with E-state index in [9.17, 15) is 18.0 Å². The van der Waals surface area contributed by atoms with Gasteiger partial charge in [-0.3, -0.25) is 4.79 Å². The van der Waals surface area contributed by atoms with Gasteiger partial charge in [0, 0.05) is 32.8 Å². The monoisotopic (exact) mass is 550 g/mol. The first kappa shape index (κ1) is 38.6. The summed E-state index contributed by atoms with van der Waals surface area (Å²) in [6.45, 7) is 12.0. The number of carbonyl (C=O) groups excluding carboxylic acids is 2. The van der Waals surface area contributed by atoms with Crippen molar-refractivity contribution in [3.05, 3.63) is 24.3 Å². The number of aliphatic hydroxyl groups excluding tert-OH is 2. The Hall–Kier alpha value is -1.51. The zero-order chi connectivity index (χ0) is 29.6. The molecule has 2 rings (SSSR count). The van der Waals surface area contributed by atoms with Gasteiger partial charge in [-0.1, -0.05) is 37.8 Å². The number of methoxy groups -OCH3 is 1. The molecule has 5 nitrogen and oxygen atoms in total. The van der Waals surface area contributed by atoms with E-state index in [4.69, 9.17) is 19.7 Å². The van der Waals surface area contributed by atoms with Crippen molar-refractivity contribution in [2.75, 3.05) is 27.4 Å². The number of hydrogen-bond acceptors (Lipinski definition) is 5. The lowest BCUT2D eigenvalue weighted by Crippen LogP contribution is -2.29. The minimum Gasteiger partial charge on any atom is -0.400 e. The number of allylic oxidation sites excluding steroid dienone is 1. The highest BCUT2D eigenvalue weighted by molar-refractivity contribution is 5.72. The van der Waals surface area contributed by atoms with E-state index in [1.54, 1.807) is 7.11 Å². The van der Waals surface area contributed by atoms with Crippen LogP contribution in [0.2, 0.25) is 0 Å². The van der Waals surface area contributed by atoms with Gasteiger partial charge in [-0.05, 0) is 87.9 Å². The number of unbranched alkanes of at least 4 members (excludes halogenated alkanes) is 1. The first-order chi connectivity index (χ1) is 18.1. The molecule has 0 aromatic heterocycles. The SMILES string of the molecule is C=C(C)CC(COC)C1CCC(C2CCC(CCCCC(F)(F)F)CC2)CC1.C=C(C=O)CO.C=O.CO. The van der Waals surface area contributed by atoms with E-state index in [-0.39, 0.29) is 12.2 Å². The van der Waals surface area contributed by atoms with Crippen molar-refractivity contribution in [2.24, 2.45) is 29.6 Å². The van der Waals surface area contributed by atoms with E-state index < -0.39 is 12.6 Å². The zero-order valence-electron chi connectivity index (χ0n) is 23.9. The van der Waals surface area contributed by atoms with Crippen molar-refractivity contribution in [1.29, 1.82) is 0 Å². The van der Waals surface area contributed by atoms with Crippen LogP contribution in [-0.4, -0.2) is 56.9 Å². The minimum atomic E-state index is -3.98. The largest absolute Gasteiger partial charge is 0.400 e. The molecule has 2 aliphatic rings. The van der Waals surface area contributed by atoms with Crippen molar-refractivity contribution in [3.8, 4) is 0 Å². The van der Waals surface area contributed by atoms with E-state index in [1.165, 1.54) is 56.9 Å². The summed E-state index contributed by atoms with van der Waals surface area (Å²) < 4.78 is 42.2. The molecule has 0 saturated heterocycles. The van der Waals surface area contributed by atoms with Crippen LogP contribution in [0.15, 0.2) is 24.3 Å². The van der Waals surface area contributed by atoms with Gasteiger partial charge in [0.25, 0.3) is 0 Å². The average molecular weight is 551 g/mol. The summed E-state index contributed by atoms with van der Waals surface area (Å²) in [5, 5.41) is 15.0. The summed E-state index contributed by atoms with van der Waals surface area (Å²) >= 11 is 0. The molecular formula is C30H53F3O5. The van der Waals surface area contributed by atoms with Crippen LogP contribution in [0.3, 0.4) is 0 Å². The predicted molar refractivity (Wildman–Crippen MR) is 148 cm³/mol. The fourth-order valence-corrected chi connectivity index (χ4v) is 5.86. The third kappa shape index (κ3) is 18.7. The number of hydrogen-bond donors (Lipinski definition) is 2.